The minimum Gasteiger partial charge on any atom is -0.207 e. The Balaban J connectivity index is 1.46. The van der Waals surface area contributed by atoms with Crippen molar-refractivity contribution in [1.82, 2.24) is 0 Å². The second-order valence-corrected chi connectivity index (χ2v) is 8.41. The van der Waals surface area contributed by atoms with Gasteiger partial charge in [0, 0.05) is 11.1 Å². The van der Waals surface area contributed by atoms with E-state index in [1.54, 1.807) is 30.3 Å². The second-order valence-electron chi connectivity index (χ2n) is 8.41. The Kier molecular flexibility index (Phi) is 7.33. The van der Waals surface area contributed by atoms with E-state index < -0.39 is 17.5 Å². The van der Waals surface area contributed by atoms with Crippen molar-refractivity contribution in [3.8, 4) is 11.8 Å². The Morgan fingerprint density at radius 1 is 0.618 bits per heavy atom. The lowest BCUT2D eigenvalue weighted by molar-refractivity contribution is 0.550. The molecule has 0 aliphatic rings. The molecule has 0 saturated carbocycles. The maximum Gasteiger partial charge on any atom is 0.139 e. The Labute approximate surface area is 197 Å². The van der Waals surface area contributed by atoms with Gasteiger partial charge in [-0.1, -0.05) is 43.4 Å². The highest BCUT2D eigenvalue weighted by Gasteiger charge is 2.12. The monoisotopic (exact) mass is 460 g/mol. The van der Waals surface area contributed by atoms with Crippen molar-refractivity contribution in [3.63, 3.8) is 0 Å². The van der Waals surface area contributed by atoms with E-state index in [0.717, 1.165) is 23.6 Å². The molecule has 4 aromatic carbocycles. The number of fused-ring (bicyclic) bond motifs is 1. The average Bonchev–Trinajstić information content (AvgIpc) is 2.81. The van der Waals surface area contributed by atoms with Gasteiger partial charge in [-0.3, -0.25) is 0 Å². The molecule has 0 spiro atoms. The number of halogens is 4. The van der Waals surface area contributed by atoms with Crippen LogP contribution in [0.1, 0.15) is 47.6 Å². The molecule has 0 nitrogen and oxygen atoms in total. The molecular weight excluding hydrogens is 436 g/mol. The van der Waals surface area contributed by atoms with Gasteiger partial charge in [-0.15, -0.1) is 0 Å². The van der Waals surface area contributed by atoms with Crippen LogP contribution in [-0.4, -0.2) is 0 Å². The lowest BCUT2D eigenvalue weighted by Gasteiger charge is -2.09. The van der Waals surface area contributed by atoms with E-state index >= 15 is 0 Å². The number of rotatable bonds is 6. The zero-order valence-electron chi connectivity index (χ0n) is 18.9. The lowest BCUT2D eigenvalue weighted by Crippen LogP contribution is -2.02. The van der Waals surface area contributed by atoms with Crippen LogP contribution in [0.3, 0.4) is 0 Å². The summed E-state index contributed by atoms with van der Waals surface area (Å²) in [6, 6.07) is 17.3. The molecule has 0 aromatic heterocycles. The quantitative estimate of drug-likeness (QED) is 0.202. The lowest BCUT2D eigenvalue weighted by atomic mass is 9.99. The van der Waals surface area contributed by atoms with E-state index in [0.29, 0.717) is 29.5 Å². The Morgan fingerprint density at radius 3 is 2.06 bits per heavy atom. The molecule has 0 atom stereocenters. The van der Waals surface area contributed by atoms with E-state index in [9.17, 15) is 17.6 Å². The molecule has 0 unspecified atom stereocenters. The van der Waals surface area contributed by atoms with Crippen molar-refractivity contribution in [2.75, 3.05) is 0 Å². The minimum atomic E-state index is -0.549. The third kappa shape index (κ3) is 5.66. The number of aryl methyl sites for hydroxylation is 2. The first-order valence-electron chi connectivity index (χ1n) is 11.4. The van der Waals surface area contributed by atoms with Crippen molar-refractivity contribution in [2.24, 2.45) is 0 Å². The summed E-state index contributed by atoms with van der Waals surface area (Å²) in [5.41, 5.74) is 2.26. The molecule has 4 rings (SSSR count). The van der Waals surface area contributed by atoms with Crippen LogP contribution in [0.15, 0.2) is 66.7 Å². The van der Waals surface area contributed by atoms with Crippen molar-refractivity contribution in [1.29, 1.82) is 0 Å². The summed E-state index contributed by atoms with van der Waals surface area (Å²) in [5.74, 6) is 3.88. The second kappa shape index (κ2) is 10.6. The molecule has 0 amide bonds. The van der Waals surface area contributed by atoms with Crippen LogP contribution in [0.4, 0.5) is 17.6 Å². The zero-order valence-corrected chi connectivity index (χ0v) is 18.9. The highest BCUT2D eigenvalue weighted by Crippen LogP contribution is 2.21. The molecule has 0 N–H and O–H groups in total. The van der Waals surface area contributed by atoms with Gasteiger partial charge in [0.05, 0.1) is 5.56 Å². The predicted octanol–water partition coefficient (Wildman–Crippen LogP) is 7.92. The summed E-state index contributed by atoms with van der Waals surface area (Å²) >= 11 is 0. The van der Waals surface area contributed by atoms with E-state index in [1.165, 1.54) is 30.3 Å². The summed E-state index contributed by atoms with van der Waals surface area (Å²) in [5, 5.41) is 1.62. The molecule has 0 aliphatic carbocycles. The third-order valence-electron chi connectivity index (χ3n) is 5.86. The Hall–Kier alpha value is -3.58. The normalized spacial score (nSPS) is 10.9. The van der Waals surface area contributed by atoms with Crippen LogP contribution in [0.5, 0.6) is 0 Å². The number of hydrogen-bond acceptors (Lipinski definition) is 0. The molecule has 34 heavy (non-hydrogen) atoms. The van der Waals surface area contributed by atoms with Crippen LogP contribution in [-0.2, 0) is 19.3 Å². The van der Waals surface area contributed by atoms with Crippen molar-refractivity contribution in [2.45, 2.75) is 39.0 Å². The summed E-state index contributed by atoms with van der Waals surface area (Å²) < 4.78 is 56.8. The van der Waals surface area contributed by atoms with Gasteiger partial charge in [-0.2, -0.15) is 0 Å². The van der Waals surface area contributed by atoms with Gasteiger partial charge in [0.25, 0.3) is 0 Å². The Morgan fingerprint density at radius 2 is 1.32 bits per heavy atom. The molecule has 0 heterocycles. The van der Waals surface area contributed by atoms with Gasteiger partial charge in [-0.25, -0.2) is 17.6 Å². The molecule has 172 valence electrons. The highest BCUT2D eigenvalue weighted by atomic mass is 19.1. The number of hydrogen-bond donors (Lipinski definition) is 0. The molecule has 0 saturated heterocycles. The first-order valence-corrected chi connectivity index (χ1v) is 11.4. The topological polar surface area (TPSA) is 0 Å². The van der Waals surface area contributed by atoms with Crippen LogP contribution in [0.2, 0.25) is 0 Å². The van der Waals surface area contributed by atoms with E-state index in [-0.39, 0.29) is 23.4 Å². The molecule has 4 aromatic rings. The fourth-order valence-electron chi connectivity index (χ4n) is 3.94. The minimum absolute atomic E-state index is 0.0284. The number of unbranched alkanes of at least 4 members (excludes halogenated alkanes) is 1. The molecule has 4 heteroatoms. The maximum atomic E-state index is 14.6. The first kappa shape index (κ1) is 23.6. The van der Waals surface area contributed by atoms with Crippen LogP contribution >= 0.6 is 0 Å². The zero-order chi connectivity index (χ0) is 24.1. The maximum absolute atomic E-state index is 14.6. The first-order chi connectivity index (χ1) is 16.4. The molecule has 0 radical (unpaired) electrons. The SMILES string of the molecule is CCCCc1cc(F)c(CCc2ccc(C#Cc3ccc4cc(F)ccc4c3)c(F)c2)c(F)c1. The van der Waals surface area contributed by atoms with E-state index in [2.05, 4.69) is 11.8 Å². The van der Waals surface area contributed by atoms with Gasteiger partial charge >= 0.3 is 0 Å². The molecule has 0 fully saturated rings. The van der Waals surface area contributed by atoms with Crippen LogP contribution < -0.4 is 0 Å². The van der Waals surface area contributed by atoms with E-state index in [1.807, 2.05) is 13.0 Å². The summed E-state index contributed by atoms with van der Waals surface area (Å²) in [6.07, 6.45) is 2.95. The van der Waals surface area contributed by atoms with Crippen LogP contribution in [0.25, 0.3) is 10.8 Å². The molecular formula is C30H24F4. The van der Waals surface area contributed by atoms with E-state index in [4.69, 9.17) is 0 Å². The highest BCUT2D eigenvalue weighted by molar-refractivity contribution is 5.84. The Bertz CT molecular complexity index is 1370. The molecule has 0 aliphatic heterocycles. The largest absolute Gasteiger partial charge is 0.207 e. The van der Waals surface area contributed by atoms with Gasteiger partial charge in [-0.05, 0) is 96.1 Å². The standard InChI is InChI=1S/C30H24F4/c1-2-3-4-22-17-29(33)27(30(34)18-22)14-8-21-6-10-23(28(32)16-21)9-5-20-7-11-25-19-26(31)13-12-24(25)15-20/h6-7,10-13,15-19H,2-4,8,14H2,1H3. The van der Waals surface area contributed by atoms with Gasteiger partial charge in [0.1, 0.15) is 23.3 Å². The third-order valence-corrected chi connectivity index (χ3v) is 5.86. The fraction of sp³-hybridized carbons (Fsp3) is 0.200. The van der Waals surface area contributed by atoms with Crippen molar-refractivity contribution in [3.05, 3.63) is 118 Å². The molecule has 0 bridgehead atoms. The predicted molar refractivity (Wildman–Crippen MR) is 129 cm³/mol. The summed E-state index contributed by atoms with van der Waals surface area (Å²) in [4.78, 5) is 0. The summed E-state index contributed by atoms with van der Waals surface area (Å²) in [6.45, 7) is 2.03. The van der Waals surface area contributed by atoms with Crippen molar-refractivity contribution < 1.29 is 17.6 Å². The fourth-order valence-corrected chi connectivity index (χ4v) is 3.94. The van der Waals surface area contributed by atoms with Gasteiger partial charge in [0.2, 0.25) is 0 Å². The van der Waals surface area contributed by atoms with Crippen molar-refractivity contribution >= 4 is 10.8 Å². The average molecular weight is 461 g/mol. The smallest absolute Gasteiger partial charge is 0.139 e. The van der Waals surface area contributed by atoms with Crippen LogP contribution in [0, 0.1) is 35.1 Å². The number of benzene rings is 4. The summed E-state index contributed by atoms with van der Waals surface area (Å²) in [7, 11) is 0. The van der Waals surface area contributed by atoms with Gasteiger partial charge < -0.3 is 0 Å². The van der Waals surface area contributed by atoms with Gasteiger partial charge in [0.15, 0.2) is 0 Å².